The summed E-state index contributed by atoms with van der Waals surface area (Å²) in [6.07, 6.45) is 1.37. The smallest absolute Gasteiger partial charge is 0.271 e. The molecule has 0 saturated heterocycles. The van der Waals surface area contributed by atoms with Gasteiger partial charge in [0.25, 0.3) is 10.0 Å². The molecule has 0 aliphatic heterocycles. The van der Waals surface area contributed by atoms with Gasteiger partial charge in [0.2, 0.25) is 0 Å². The van der Waals surface area contributed by atoms with Gasteiger partial charge in [-0.25, -0.2) is 13.4 Å². The number of anilines is 1. The lowest BCUT2D eigenvalue weighted by Gasteiger charge is -2.05. The summed E-state index contributed by atoms with van der Waals surface area (Å²) in [5, 5.41) is 2.02. The van der Waals surface area contributed by atoms with E-state index in [0.29, 0.717) is 10.8 Å². The van der Waals surface area contributed by atoms with Gasteiger partial charge < -0.3 is 0 Å². The van der Waals surface area contributed by atoms with Crippen LogP contribution >= 0.6 is 22.9 Å². The normalized spacial score (nSPS) is 11.3. The first-order chi connectivity index (χ1) is 7.58. The molecule has 0 aliphatic rings. The van der Waals surface area contributed by atoms with Crippen LogP contribution in [-0.4, -0.2) is 13.4 Å². The average Bonchev–Trinajstić information content (AvgIpc) is 2.75. The number of nitrogens with zero attached hydrogens (tertiary/aromatic N) is 1. The molecular formula is C9H7ClN2O2S2. The Hall–Kier alpha value is -1.11. The zero-order valence-electron chi connectivity index (χ0n) is 7.92. The van der Waals surface area contributed by atoms with E-state index >= 15 is 0 Å². The second kappa shape index (κ2) is 4.40. The molecule has 2 aromatic rings. The van der Waals surface area contributed by atoms with E-state index in [1.54, 1.807) is 17.5 Å². The Morgan fingerprint density at radius 3 is 2.69 bits per heavy atom. The van der Waals surface area contributed by atoms with E-state index in [2.05, 4.69) is 9.71 Å². The Morgan fingerprint density at radius 2 is 2.12 bits per heavy atom. The van der Waals surface area contributed by atoms with Crippen molar-refractivity contribution in [2.75, 3.05) is 4.72 Å². The van der Waals surface area contributed by atoms with Gasteiger partial charge in [-0.05, 0) is 23.6 Å². The summed E-state index contributed by atoms with van der Waals surface area (Å²) < 4.78 is 26.2. The van der Waals surface area contributed by atoms with E-state index in [-0.39, 0.29) is 4.21 Å². The van der Waals surface area contributed by atoms with Crippen molar-refractivity contribution in [2.45, 2.75) is 4.21 Å². The van der Waals surface area contributed by atoms with Crippen LogP contribution in [-0.2, 0) is 10.0 Å². The summed E-state index contributed by atoms with van der Waals surface area (Å²) in [5.41, 5.74) is 0.387. The minimum atomic E-state index is -3.50. The summed E-state index contributed by atoms with van der Waals surface area (Å²) in [4.78, 5) is 3.79. The standard InChI is InChI=1S/C9H7ClN2O2S2/c10-8-4-3-7(6-11-8)12-16(13,14)9-2-1-5-15-9/h1-6,12H. The zero-order chi connectivity index (χ0) is 11.6. The van der Waals surface area contributed by atoms with Gasteiger partial charge in [0.15, 0.2) is 0 Å². The number of pyridine rings is 1. The maximum Gasteiger partial charge on any atom is 0.271 e. The molecule has 0 radical (unpaired) electrons. The van der Waals surface area contributed by atoms with E-state index < -0.39 is 10.0 Å². The van der Waals surface area contributed by atoms with Crippen LogP contribution in [0.2, 0.25) is 5.15 Å². The van der Waals surface area contributed by atoms with Gasteiger partial charge in [0, 0.05) is 0 Å². The number of rotatable bonds is 3. The minimum Gasteiger partial charge on any atom is -0.277 e. The maximum atomic E-state index is 11.8. The quantitative estimate of drug-likeness (QED) is 0.875. The Balaban J connectivity index is 2.25. The highest BCUT2D eigenvalue weighted by molar-refractivity contribution is 7.94. The number of nitrogens with one attached hydrogen (secondary N) is 1. The molecule has 84 valence electrons. The third-order valence-electron chi connectivity index (χ3n) is 1.74. The molecule has 2 heterocycles. The average molecular weight is 275 g/mol. The lowest BCUT2D eigenvalue weighted by molar-refractivity contribution is 0.603. The second-order valence-electron chi connectivity index (χ2n) is 2.91. The Bertz CT molecular complexity index is 564. The van der Waals surface area contributed by atoms with E-state index in [4.69, 9.17) is 11.6 Å². The molecule has 1 N–H and O–H groups in total. The first-order valence-corrected chi connectivity index (χ1v) is 7.00. The topological polar surface area (TPSA) is 59.1 Å². The van der Waals surface area contributed by atoms with Gasteiger partial charge in [-0.3, -0.25) is 4.72 Å². The first-order valence-electron chi connectivity index (χ1n) is 4.26. The van der Waals surface area contributed by atoms with Crippen LogP contribution in [0.3, 0.4) is 0 Å². The number of aromatic nitrogens is 1. The molecular weight excluding hydrogens is 268 g/mol. The van der Waals surface area contributed by atoms with Crippen LogP contribution < -0.4 is 4.72 Å². The molecule has 4 nitrogen and oxygen atoms in total. The first kappa shape index (κ1) is 11.4. The highest BCUT2D eigenvalue weighted by atomic mass is 35.5. The van der Waals surface area contributed by atoms with Crippen molar-refractivity contribution < 1.29 is 8.42 Å². The summed E-state index contributed by atoms with van der Waals surface area (Å²) >= 11 is 6.75. The largest absolute Gasteiger partial charge is 0.277 e. The maximum absolute atomic E-state index is 11.8. The fraction of sp³-hybridized carbons (Fsp3) is 0. The summed E-state index contributed by atoms with van der Waals surface area (Å²) in [6, 6.07) is 6.30. The Kier molecular flexibility index (Phi) is 3.13. The molecule has 0 saturated carbocycles. The van der Waals surface area contributed by atoms with Gasteiger partial charge in [0.1, 0.15) is 9.36 Å². The third-order valence-corrected chi connectivity index (χ3v) is 4.74. The molecule has 16 heavy (non-hydrogen) atoms. The third kappa shape index (κ3) is 2.52. The van der Waals surface area contributed by atoms with Gasteiger partial charge in [-0.2, -0.15) is 0 Å². The number of thiophene rings is 1. The van der Waals surface area contributed by atoms with Crippen LogP contribution in [0.25, 0.3) is 0 Å². The Morgan fingerprint density at radius 1 is 1.31 bits per heavy atom. The highest BCUT2D eigenvalue weighted by Gasteiger charge is 2.14. The molecule has 0 bridgehead atoms. The van der Waals surface area contributed by atoms with Crippen molar-refractivity contribution in [1.82, 2.24) is 4.98 Å². The summed E-state index contributed by atoms with van der Waals surface area (Å²) in [6.45, 7) is 0. The van der Waals surface area contributed by atoms with Gasteiger partial charge in [-0.15, -0.1) is 11.3 Å². The predicted molar refractivity (Wildman–Crippen MR) is 64.4 cm³/mol. The fourth-order valence-corrected chi connectivity index (χ4v) is 3.21. The van der Waals surface area contributed by atoms with Gasteiger partial charge >= 0.3 is 0 Å². The van der Waals surface area contributed by atoms with Crippen LogP contribution in [0.4, 0.5) is 5.69 Å². The van der Waals surface area contributed by atoms with Crippen molar-refractivity contribution in [1.29, 1.82) is 0 Å². The van der Waals surface area contributed by atoms with E-state index in [9.17, 15) is 8.42 Å². The number of sulfonamides is 1. The predicted octanol–water partition coefficient (Wildman–Crippen LogP) is 2.60. The second-order valence-corrected chi connectivity index (χ2v) is 6.15. The molecule has 0 fully saturated rings. The molecule has 0 spiro atoms. The SMILES string of the molecule is O=S(=O)(Nc1ccc(Cl)nc1)c1cccs1. The van der Waals surface area contributed by atoms with E-state index in [1.807, 2.05) is 0 Å². The Labute approximate surface area is 102 Å². The van der Waals surface area contributed by atoms with Gasteiger partial charge in [-0.1, -0.05) is 17.7 Å². The van der Waals surface area contributed by atoms with Crippen LogP contribution in [0.5, 0.6) is 0 Å². The molecule has 0 amide bonds. The number of hydrogen-bond acceptors (Lipinski definition) is 4. The lowest BCUT2D eigenvalue weighted by Crippen LogP contribution is -2.11. The summed E-state index contributed by atoms with van der Waals surface area (Å²) in [5.74, 6) is 0. The molecule has 0 aliphatic carbocycles. The van der Waals surface area contributed by atoms with Crippen molar-refractivity contribution in [3.05, 3.63) is 41.0 Å². The lowest BCUT2D eigenvalue weighted by atomic mass is 10.4. The minimum absolute atomic E-state index is 0.266. The van der Waals surface area contributed by atoms with E-state index in [1.165, 1.54) is 18.3 Å². The molecule has 2 aromatic heterocycles. The number of hydrogen-bond donors (Lipinski definition) is 1. The highest BCUT2D eigenvalue weighted by Crippen LogP contribution is 2.20. The molecule has 0 atom stereocenters. The molecule has 0 unspecified atom stereocenters. The zero-order valence-corrected chi connectivity index (χ0v) is 10.3. The van der Waals surface area contributed by atoms with Gasteiger partial charge in [0.05, 0.1) is 11.9 Å². The summed E-state index contributed by atoms with van der Waals surface area (Å²) in [7, 11) is -3.50. The molecule has 2 rings (SSSR count). The van der Waals surface area contributed by atoms with Crippen molar-refractivity contribution in [2.24, 2.45) is 0 Å². The van der Waals surface area contributed by atoms with Crippen LogP contribution in [0.15, 0.2) is 40.1 Å². The van der Waals surface area contributed by atoms with Crippen LogP contribution in [0.1, 0.15) is 0 Å². The molecule has 0 aromatic carbocycles. The van der Waals surface area contributed by atoms with Crippen molar-refractivity contribution in [3.63, 3.8) is 0 Å². The van der Waals surface area contributed by atoms with E-state index in [0.717, 1.165) is 11.3 Å². The van der Waals surface area contributed by atoms with Crippen LogP contribution in [0, 0.1) is 0 Å². The van der Waals surface area contributed by atoms with Crippen molar-refractivity contribution >= 4 is 38.6 Å². The monoisotopic (exact) mass is 274 g/mol. The molecule has 7 heteroatoms. The number of halogens is 1. The fourth-order valence-electron chi connectivity index (χ4n) is 1.06. The van der Waals surface area contributed by atoms with Crippen molar-refractivity contribution in [3.8, 4) is 0 Å².